The zero-order chi connectivity index (χ0) is 12.5. The molecule has 0 fully saturated rings. The molecule has 5 heteroatoms. The quantitative estimate of drug-likeness (QED) is 0.700. The summed E-state index contributed by atoms with van der Waals surface area (Å²) in [4.78, 5) is 11.2. The highest BCUT2D eigenvalue weighted by Crippen LogP contribution is 2.11. The smallest absolute Gasteiger partial charge is 0.220 e. The molecule has 0 aromatic heterocycles. The molecule has 0 unspecified atom stereocenters. The predicted molar refractivity (Wildman–Crippen MR) is 63.2 cm³/mol. The molecule has 0 spiro atoms. The van der Waals surface area contributed by atoms with E-state index in [9.17, 15) is 9.18 Å². The highest BCUT2D eigenvalue weighted by Gasteiger charge is 2.00. The summed E-state index contributed by atoms with van der Waals surface area (Å²) in [6.07, 6.45) is 1.02. The van der Waals surface area contributed by atoms with Crippen molar-refractivity contribution < 1.29 is 13.9 Å². The first kappa shape index (κ1) is 13.4. The highest BCUT2D eigenvalue weighted by atomic mass is 19.1. The summed E-state index contributed by atoms with van der Waals surface area (Å²) in [5.74, 6) is 0.283. The SMILES string of the molecule is NCCNC(=O)CCCOc1ccc(F)cc1. The van der Waals surface area contributed by atoms with Gasteiger partial charge in [0.2, 0.25) is 5.91 Å². The molecule has 17 heavy (non-hydrogen) atoms. The van der Waals surface area contributed by atoms with E-state index in [1.54, 1.807) is 12.1 Å². The zero-order valence-electron chi connectivity index (χ0n) is 9.62. The van der Waals surface area contributed by atoms with Crippen LogP contribution in [0.4, 0.5) is 4.39 Å². The summed E-state index contributed by atoms with van der Waals surface area (Å²) in [6, 6.07) is 5.79. The van der Waals surface area contributed by atoms with Gasteiger partial charge in [0.05, 0.1) is 6.61 Å². The number of halogens is 1. The lowest BCUT2D eigenvalue weighted by Crippen LogP contribution is -2.29. The molecule has 0 saturated carbocycles. The number of rotatable bonds is 7. The number of nitrogens with one attached hydrogen (secondary N) is 1. The van der Waals surface area contributed by atoms with Crippen molar-refractivity contribution in [3.8, 4) is 5.75 Å². The van der Waals surface area contributed by atoms with Crippen LogP contribution in [0.1, 0.15) is 12.8 Å². The normalized spacial score (nSPS) is 10.0. The van der Waals surface area contributed by atoms with Crippen molar-refractivity contribution in [3.05, 3.63) is 30.1 Å². The fourth-order valence-electron chi connectivity index (χ4n) is 1.25. The number of nitrogens with two attached hydrogens (primary N) is 1. The number of hydrogen-bond donors (Lipinski definition) is 2. The number of ether oxygens (including phenoxy) is 1. The second kappa shape index (κ2) is 7.62. The van der Waals surface area contributed by atoms with Gasteiger partial charge in [-0.25, -0.2) is 4.39 Å². The molecule has 0 saturated heterocycles. The Morgan fingerprint density at radius 1 is 1.35 bits per heavy atom. The molecule has 0 aliphatic heterocycles. The summed E-state index contributed by atoms with van der Waals surface area (Å²) < 4.78 is 17.9. The van der Waals surface area contributed by atoms with E-state index in [2.05, 4.69) is 5.32 Å². The van der Waals surface area contributed by atoms with Crippen molar-refractivity contribution in [3.63, 3.8) is 0 Å². The average molecular weight is 240 g/mol. The third-order valence-corrected chi connectivity index (χ3v) is 2.10. The number of amides is 1. The van der Waals surface area contributed by atoms with Crippen LogP contribution in [0.25, 0.3) is 0 Å². The van der Waals surface area contributed by atoms with Crippen LogP contribution in [0.5, 0.6) is 5.75 Å². The van der Waals surface area contributed by atoms with Crippen LogP contribution in [0.3, 0.4) is 0 Å². The van der Waals surface area contributed by atoms with Gasteiger partial charge in [0, 0.05) is 19.5 Å². The van der Waals surface area contributed by atoms with Gasteiger partial charge in [0.25, 0.3) is 0 Å². The van der Waals surface area contributed by atoms with E-state index in [0.717, 1.165) is 0 Å². The fraction of sp³-hybridized carbons (Fsp3) is 0.417. The first-order chi connectivity index (χ1) is 8.22. The van der Waals surface area contributed by atoms with Gasteiger partial charge in [0.1, 0.15) is 11.6 Å². The Labute approximate surface area is 100.0 Å². The maximum Gasteiger partial charge on any atom is 0.220 e. The Morgan fingerprint density at radius 3 is 2.71 bits per heavy atom. The minimum atomic E-state index is -0.293. The zero-order valence-corrected chi connectivity index (χ0v) is 9.62. The van der Waals surface area contributed by atoms with E-state index in [-0.39, 0.29) is 11.7 Å². The number of benzene rings is 1. The largest absolute Gasteiger partial charge is 0.494 e. The van der Waals surface area contributed by atoms with Crippen molar-refractivity contribution in [1.29, 1.82) is 0 Å². The van der Waals surface area contributed by atoms with Gasteiger partial charge in [0.15, 0.2) is 0 Å². The molecule has 0 atom stereocenters. The van der Waals surface area contributed by atoms with Crippen LogP contribution in [0, 0.1) is 5.82 Å². The van der Waals surface area contributed by atoms with E-state index < -0.39 is 0 Å². The molecule has 0 bridgehead atoms. The van der Waals surface area contributed by atoms with Gasteiger partial charge in [-0.3, -0.25) is 4.79 Å². The molecule has 1 amide bonds. The van der Waals surface area contributed by atoms with Crippen molar-refractivity contribution in [2.45, 2.75) is 12.8 Å². The topological polar surface area (TPSA) is 64.3 Å². The van der Waals surface area contributed by atoms with Gasteiger partial charge < -0.3 is 15.8 Å². The molecule has 0 radical (unpaired) electrons. The summed E-state index contributed by atoms with van der Waals surface area (Å²) in [5, 5.41) is 2.67. The van der Waals surface area contributed by atoms with E-state index in [0.29, 0.717) is 38.3 Å². The maximum atomic E-state index is 12.6. The van der Waals surface area contributed by atoms with Crippen molar-refractivity contribution in [2.24, 2.45) is 5.73 Å². The van der Waals surface area contributed by atoms with E-state index in [4.69, 9.17) is 10.5 Å². The molecule has 1 aromatic carbocycles. The molecule has 1 aromatic rings. The Kier molecular flexibility index (Phi) is 6.03. The van der Waals surface area contributed by atoms with Crippen LogP contribution in [-0.4, -0.2) is 25.6 Å². The average Bonchev–Trinajstić information content (AvgIpc) is 2.34. The lowest BCUT2D eigenvalue weighted by Gasteiger charge is -2.06. The maximum absolute atomic E-state index is 12.6. The van der Waals surface area contributed by atoms with Gasteiger partial charge in [-0.2, -0.15) is 0 Å². The molecular formula is C12H17FN2O2. The lowest BCUT2D eigenvalue weighted by molar-refractivity contribution is -0.121. The Morgan fingerprint density at radius 2 is 2.06 bits per heavy atom. The van der Waals surface area contributed by atoms with Crippen LogP contribution < -0.4 is 15.8 Å². The minimum absolute atomic E-state index is 0.0295. The highest BCUT2D eigenvalue weighted by molar-refractivity contribution is 5.75. The van der Waals surface area contributed by atoms with Crippen LogP contribution >= 0.6 is 0 Å². The van der Waals surface area contributed by atoms with Gasteiger partial charge in [-0.05, 0) is 30.7 Å². The number of carbonyl (C=O) groups is 1. The second-order valence-corrected chi connectivity index (χ2v) is 3.54. The first-order valence-electron chi connectivity index (χ1n) is 5.57. The molecule has 1 rings (SSSR count). The predicted octanol–water partition coefficient (Wildman–Crippen LogP) is 1.06. The number of carbonyl (C=O) groups excluding carboxylic acids is 1. The first-order valence-corrected chi connectivity index (χ1v) is 5.57. The van der Waals surface area contributed by atoms with Gasteiger partial charge in [-0.1, -0.05) is 0 Å². The molecule has 0 heterocycles. The Hall–Kier alpha value is -1.62. The van der Waals surface area contributed by atoms with Gasteiger partial charge in [-0.15, -0.1) is 0 Å². The van der Waals surface area contributed by atoms with E-state index in [1.807, 2.05) is 0 Å². The second-order valence-electron chi connectivity index (χ2n) is 3.54. The minimum Gasteiger partial charge on any atom is -0.494 e. The summed E-state index contributed by atoms with van der Waals surface area (Å²) in [5.41, 5.74) is 5.25. The Balaban J connectivity index is 2.11. The molecule has 4 nitrogen and oxygen atoms in total. The van der Waals surface area contributed by atoms with Crippen LogP contribution in [0.2, 0.25) is 0 Å². The standard InChI is InChI=1S/C12H17FN2O2/c13-10-3-5-11(6-4-10)17-9-1-2-12(16)15-8-7-14/h3-6H,1-2,7-9,14H2,(H,15,16). The summed E-state index contributed by atoms with van der Waals surface area (Å²) >= 11 is 0. The van der Waals surface area contributed by atoms with Crippen molar-refractivity contribution in [1.82, 2.24) is 5.32 Å². The molecule has 0 aliphatic carbocycles. The number of hydrogen-bond acceptors (Lipinski definition) is 3. The Bertz CT molecular complexity index is 341. The molecule has 3 N–H and O–H groups in total. The lowest BCUT2D eigenvalue weighted by atomic mass is 10.3. The fourth-order valence-corrected chi connectivity index (χ4v) is 1.25. The van der Waals surface area contributed by atoms with Crippen molar-refractivity contribution in [2.75, 3.05) is 19.7 Å². The van der Waals surface area contributed by atoms with E-state index in [1.165, 1.54) is 12.1 Å². The molecule has 94 valence electrons. The summed E-state index contributed by atoms with van der Waals surface area (Å²) in [6.45, 7) is 1.37. The van der Waals surface area contributed by atoms with Crippen LogP contribution in [-0.2, 0) is 4.79 Å². The third kappa shape index (κ3) is 5.87. The monoisotopic (exact) mass is 240 g/mol. The molecular weight excluding hydrogens is 223 g/mol. The van der Waals surface area contributed by atoms with Crippen LogP contribution in [0.15, 0.2) is 24.3 Å². The third-order valence-electron chi connectivity index (χ3n) is 2.10. The van der Waals surface area contributed by atoms with Gasteiger partial charge >= 0.3 is 0 Å². The summed E-state index contributed by atoms with van der Waals surface area (Å²) in [7, 11) is 0. The molecule has 0 aliphatic rings. The van der Waals surface area contributed by atoms with E-state index >= 15 is 0 Å². The van der Waals surface area contributed by atoms with Crippen molar-refractivity contribution >= 4 is 5.91 Å².